The van der Waals surface area contributed by atoms with Crippen LogP contribution >= 0.6 is 11.6 Å². The molecule has 3 rings (SSSR count). The van der Waals surface area contributed by atoms with Crippen molar-refractivity contribution in [3.8, 4) is 0 Å². The normalized spacial score (nSPS) is 28.6. The summed E-state index contributed by atoms with van der Waals surface area (Å²) in [7, 11) is 0. The molecule has 2 unspecified atom stereocenters. The molecular formula is C23H24ClF3O5. The number of carbonyl (C=O) groups is 2. The third-order valence-electron chi connectivity index (χ3n) is 6.68. The van der Waals surface area contributed by atoms with Crippen LogP contribution in [-0.2, 0) is 15.8 Å². The van der Waals surface area contributed by atoms with E-state index in [4.69, 9.17) is 11.6 Å². The predicted molar refractivity (Wildman–Crippen MR) is 112 cm³/mol. The number of aliphatic hydroxyl groups excluding tert-OH is 1. The molecule has 1 saturated carbocycles. The van der Waals surface area contributed by atoms with Crippen molar-refractivity contribution in [2.45, 2.75) is 51.3 Å². The molecule has 0 saturated heterocycles. The van der Waals surface area contributed by atoms with Crippen molar-refractivity contribution in [3.05, 3.63) is 52.1 Å². The van der Waals surface area contributed by atoms with Gasteiger partial charge in [0.1, 0.15) is 0 Å². The summed E-state index contributed by atoms with van der Waals surface area (Å²) in [5, 5.41) is 30.3. The number of aliphatic carboxylic acids is 2. The summed E-state index contributed by atoms with van der Waals surface area (Å²) in [6, 6.07) is 2.66. The number of hydrogen-bond donors (Lipinski definition) is 3. The smallest absolute Gasteiger partial charge is 0.416 e. The van der Waals surface area contributed by atoms with E-state index in [1.807, 2.05) is 0 Å². The molecule has 174 valence electrons. The van der Waals surface area contributed by atoms with Crippen molar-refractivity contribution in [3.63, 3.8) is 0 Å². The van der Waals surface area contributed by atoms with Gasteiger partial charge < -0.3 is 15.3 Å². The largest absolute Gasteiger partial charge is 0.481 e. The first-order valence-corrected chi connectivity index (χ1v) is 10.7. The van der Waals surface area contributed by atoms with Crippen LogP contribution in [0.25, 0.3) is 5.57 Å². The molecule has 0 aliphatic heterocycles. The lowest BCUT2D eigenvalue weighted by atomic mass is 9.62. The van der Waals surface area contributed by atoms with Crippen LogP contribution in [0.1, 0.15) is 50.2 Å². The number of benzene rings is 1. The Bertz CT molecular complexity index is 984. The van der Waals surface area contributed by atoms with Gasteiger partial charge in [-0.3, -0.25) is 4.79 Å². The lowest BCUT2D eigenvalue weighted by molar-refractivity contribution is -0.150. The lowest BCUT2D eigenvalue weighted by Crippen LogP contribution is -2.43. The second-order valence-corrected chi connectivity index (χ2v) is 8.99. The number of aliphatic hydroxyl groups is 1. The molecule has 2 aliphatic rings. The standard InChI is InChI=1S/C23H24ClF3O5/c1-12-16(20(29)30)8-14(17-9-15(23(25,26)27)6-7-18(17)24)11-22(12,21(31)32)10-13-4-2-3-5-19(13)28/h6-9,11-13,19,28H,2-5,10H2,1H3,(H,29,30)(H,31,32)/t12?,13-,19-,22?/m1/s1. The van der Waals surface area contributed by atoms with Gasteiger partial charge in [-0.25, -0.2) is 4.79 Å². The molecule has 1 aromatic carbocycles. The van der Waals surface area contributed by atoms with Crippen LogP contribution in [0.5, 0.6) is 0 Å². The summed E-state index contributed by atoms with van der Waals surface area (Å²) in [5.41, 5.74) is -3.03. The quantitative estimate of drug-likeness (QED) is 0.532. The third kappa shape index (κ3) is 4.57. The summed E-state index contributed by atoms with van der Waals surface area (Å²) < 4.78 is 39.8. The Kier molecular flexibility index (Phi) is 6.77. The van der Waals surface area contributed by atoms with Gasteiger partial charge in [-0.2, -0.15) is 13.2 Å². The molecule has 9 heteroatoms. The lowest BCUT2D eigenvalue weighted by Gasteiger charge is -2.41. The van der Waals surface area contributed by atoms with E-state index in [1.54, 1.807) is 0 Å². The van der Waals surface area contributed by atoms with Crippen LogP contribution in [0.3, 0.4) is 0 Å². The van der Waals surface area contributed by atoms with E-state index >= 15 is 0 Å². The number of carboxylic acids is 2. The van der Waals surface area contributed by atoms with Crippen molar-refractivity contribution in [1.29, 1.82) is 0 Å². The molecule has 0 spiro atoms. The SMILES string of the molecule is CC1C(C(=O)O)=CC(c2cc(C(F)(F)F)ccc2Cl)=CC1(C[C@H]1CCCC[C@H]1O)C(=O)O. The molecule has 5 nitrogen and oxygen atoms in total. The van der Waals surface area contributed by atoms with Gasteiger partial charge in [-0.15, -0.1) is 0 Å². The maximum Gasteiger partial charge on any atom is 0.416 e. The van der Waals surface area contributed by atoms with Gasteiger partial charge in [0.15, 0.2) is 0 Å². The molecule has 1 aromatic rings. The Hall–Kier alpha value is -2.32. The van der Waals surface area contributed by atoms with Gasteiger partial charge in [0, 0.05) is 22.1 Å². The summed E-state index contributed by atoms with van der Waals surface area (Å²) >= 11 is 6.16. The maximum absolute atomic E-state index is 13.3. The van der Waals surface area contributed by atoms with Gasteiger partial charge >= 0.3 is 18.1 Å². The zero-order valence-electron chi connectivity index (χ0n) is 17.3. The van der Waals surface area contributed by atoms with Gasteiger partial charge in [0.05, 0.1) is 17.1 Å². The molecule has 0 aromatic heterocycles. The van der Waals surface area contributed by atoms with E-state index in [2.05, 4.69) is 0 Å². The second kappa shape index (κ2) is 8.90. The average molecular weight is 473 g/mol. The predicted octanol–water partition coefficient (Wildman–Crippen LogP) is 5.42. The van der Waals surface area contributed by atoms with Crippen molar-refractivity contribution in [2.24, 2.45) is 17.3 Å². The first-order chi connectivity index (χ1) is 14.9. The maximum atomic E-state index is 13.3. The first-order valence-electron chi connectivity index (χ1n) is 10.3. The zero-order chi connectivity index (χ0) is 23.8. The summed E-state index contributed by atoms with van der Waals surface area (Å²) in [5.74, 6) is -4.00. The zero-order valence-corrected chi connectivity index (χ0v) is 18.1. The average Bonchev–Trinajstić information content (AvgIpc) is 2.70. The van der Waals surface area contributed by atoms with Crippen molar-refractivity contribution >= 4 is 29.1 Å². The number of carboxylic acid groups (broad SMARTS) is 2. The van der Waals surface area contributed by atoms with E-state index in [-0.39, 0.29) is 34.1 Å². The first kappa shape index (κ1) is 24.3. The molecule has 0 amide bonds. The fourth-order valence-corrected chi connectivity index (χ4v) is 5.00. The summed E-state index contributed by atoms with van der Waals surface area (Å²) in [6.45, 7) is 1.48. The fraction of sp³-hybridized carbons (Fsp3) is 0.478. The number of hydrogen-bond acceptors (Lipinski definition) is 3. The highest BCUT2D eigenvalue weighted by Crippen LogP contribution is 2.49. The number of alkyl halides is 3. The minimum Gasteiger partial charge on any atom is -0.481 e. The Morgan fingerprint density at radius 2 is 1.84 bits per heavy atom. The van der Waals surface area contributed by atoms with E-state index in [1.165, 1.54) is 19.1 Å². The van der Waals surface area contributed by atoms with E-state index in [0.29, 0.717) is 12.8 Å². The van der Waals surface area contributed by atoms with Gasteiger partial charge in [-0.05, 0) is 55.0 Å². The minimum atomic E-state index is -4.66. The molecule has 2 aliphatic carbocycles. The van der Waals surface area contributed by atoms with Crippen molar-refractivity contribution in [2.75, 3.05) is 0 Å². The molecule has 0 heterocycles. The topological polar surface area (TPSA) is 94.8 Å². The fourth-order valence-electron chi connectivity index (χ4n) is 4.77. The van der Waals surface area contributed by atoms with Crippen LogP contribution in [0.2, 0.25) is 5.02 Å². The monoisotopic (exact) mass is 472 g/mol. The molecule has 0 radical (unpaired) electrons. The Balaban J connectivity index is 2.19. The van der Waals surface area contributed by atoms with E-state index < -0.39 is 41.1 Å². The second-order valence-electron chi connectivity index (χ2n) is 8.58. The Labute approximate surface area is 188 Å². The molecule has 3 N–H and O–H groups in total. The van der Waals surface area contributed by atoms with Crippen LogP contribution in [0.4, 0.5) is 13.2 Å². The number of rotatable bonds is 5. The molecule has 0 bridgehead atoms. The Morgan fingerprint density at radius 3 is 2.41 bits per heavy atom. The third-order valence-corrected chi connectivity index (χ3v) is 7.01. The van der Waals surface area contributed by atoms with E-state index in [0.717, 1.165) is 31.0 Å². The van der Waals surface area contributed by atoms with Crippen LogP contribution in [0.15, 0.2) is 35.9 Å². The Morgan fingerprint density at radius 1 is 1.19 bits per heavy atom. The van der Waals surface area contributed by atoms with Gasteiger partial charge in [0.25, 0.3) is 0 Å². The number of halogens is 4. The molecule has 1 fully saturated rings. The minimum absolute atomic E-state index is 0.00398. The summed E-state index contributed by atoms with van der Waals surface area (Å²) in [4.78, 5) is 24.5. The van der Waals surface area contributed by atoms with E-state index in [9.17, 15) is 38.1 Å². The highest BCUT2D eigenvalue weighted by Gasteiger charge is 2.49. The van der Waals surface area contributed by atoms with Crippen LogP contribution in [-0.4, -0.2) is 33.4 Å². The number of allylic oxidation sites excluding steroid dienone is 2. The van der Waals surface area contributed by atoms with Gasteiger partial charge in [0.2, 0.25) is 0 Å². The summed E-state index contributed by atoms with van der Waals surface area (Å²) in [6.07, 6.45) is -0.179. The van der Waals surface area contributed by atoms with Gasteiger partial charge in [-0.1, -0.05) is 37.4 Å². The van der Waals surface area contributed by atoms with Crippen LogP contribution in [0, 0.1) is 17.3 Å². The molecule has 4 atom stereocenters. The molecule has 32 heavy (non-hydrogen) atoms. The van der Waals surface area contributed by atoms with Crippen molar-refractivity contribution < 1.29 is 38.1 Å². The highest BCUT2D eigenvalue weighted by molar-refractivity contribution is 6.32. The van der Waals surface area contributed by atoms with Crippen molar-refractivity contribution in [1.82, 2.24) is 0 Å². The van der Waals surface area contributed by atoms with Crippen LogP contribution < -0.4 is 0 Å². The highest BCUT2D eigenvalue weighted by atomic mass is 35.5. The molecular weight excluding hydrogens is 449 g/mol.